The second-order valence-corrected chi connectivity index (χ2v) is 12.4. The number of carbonyl (C=O) groups is 2. The molecular weight excluding hydrogens is 572 g/mol. The molecule has 3 fully saturated rings. The van der Waals surface area contributed by atoms with Crippen LogP contribution in [0.25, 0.3) is 5.65 Å². The molecule has 11 nitrogen and oxygen atoms in total. The van der Waals surface area contributed by atoms with Gasteiger partial charge in [-0.25, -0.2) is 31.7 Å². The fourth-order valence-corrected chi connectivity index (χ4v) is 6.22. The van der Waals surface area contributed by atoms with Gasteiger partial charge in [0.2, 0.25) is 29.3 Å². The van der Waals surface area contributed by atoms with Crippen molar-refractivity contribution in [2.45, 2.75) is 81.7 Å². The quantitative estimate of drug-likeness (QED) is 0.323. The molecule has 0 spiro atoms. The molecule has 3 aliphatic carbocycles. The number of aromatic nitrogens is 5. The standard InChI is InChI=1S/C28H34F4N8O3/c1-39(2)25-24(37-43-38-25)26(42)36-23(17-5-7-27(29,30)8-6-17)19-14-40-20(34-19)10-18(13-33-40)22(16-3-4-16)35-21(41)9-15-11-28(31,32)12-15/h10,13-17,22-23H,3-9,11-12H2,1-2H3,(H,35,41)(H,36,42)/t22-,23+/m1/s1. The summed E-state index contributed by atoms with van der Waals surface area (Å²) in [5.41, 5.74) is 1.62. The highest BCUT2D eigenvalue weighted by atomic mass is 19.3. The van der Waals surface area contributed by atoms with Crippen molar-refractivity contribution in [1.29, 1.82) is 0 Å². The molecule has 3 aromatic rings. The fraction of sp³-hybridized carbons (Fsp3) is 0.643. The molecule has 3 aliphatic rings. The SMILES string of the molecule is CN(C)c1nonc1C(=O)N[C@H](c1cn2ncc([C@H](NC(=O)CC3CC(F)(F)C3)C3CC3)cc2n1)C1CCC(F)(F)CC1. The van der Waals surface area contributed by atoms with Crippen molar-refractivity contribution in [3.05, 3.63) is 35.4 Å². The second-order valence-electron chi connectivity index (χ2n) is 12.4. The molecule has 0 aromatic carbocycles. The van der Waals surface area contributed by atoms with Gasteiger partial charge in [-0.3, -0.25) is 9.59 Å². The highest BCUT2D eigenvalue weighted by Crippen LogP contribution is 2.45. The van der Waals surface area contributed by atoms with Gasteiger partial charge in [0, 0.05) is 46.2 Å². The maximum atomic E-state index is 14.0. The molecule has 0 bridgehead atoms. The van der Waals surface area contributed by atoms with E-state index in [1.807, 2.05) is 0 Å². The fourth-order valence-electron chi connectivity index (χ4n) is 6.22. The molecule has 2 N–H and O–H groups in total. The minimum Gasteiger partial charge on any atom is -0.358 e. The summed E-state index contributed by atoms with van der Waals surface area (Å²) in [6, 6.07) is 0.766. The third-order valence-electron chi connectivity index (χ3n) is 8.73. The number of carbonyl (C=O) groups excluding carboxylic acids is 2. The molecule has 43 heavy (non-hydrogen) atoms. The van der Waals surface area contributed by atoms with Gasteiger partial charge in [0.25, 0.3) is 5.91 Å². The van der Waals surface area contributed by atoms with E-state index in [0.717, 1.165) is 18.4 Å². The summed E-state index contributed by atoms with van der Waals surface area (Å²) in [5, 5.41) is 17.9. The lowest BCUT2D eigenvalue weighted by Gasteiger charge is -2.34. The van der Waals surface area contributed by atoms with Crippen LogP contribution >= 0.6 is 0 Å². The first-order chi connectivity index (χ1) is 20.4. The number of fused-ring (bicyclic) bond motifs is 1. The summed E-state index contributed by atoms with van der Waals surface area (Å²) in [6.45, 7) is 0. The molecule has 3 heterocycles. The maximum absolute atomic E-state index is 14.0. The Balaban J connectivity index is 1.24. The number of hydrogen-bond donors (Lipinski definition) is 2. The topological polar surface area (TPSA) is 131 Å². The van der Waals surface area contributed by atoms with Crippen LogP contribution in [-0.2, 0) is 4.79 Å². The third kappa shape index (κ3) is 6.44. The van der Waals surface area contributed by atoms with E-state index in [1.54, 1.807) is 42.0 Å². The van der Waals surface area contributed by atoms with Crippen molar-refractivity contribution in [2.75, 3.05) is 19.0 Å². The summed E-state index contributed by atoms with van der Waals surface area (Å²) in [4.78, 5) is 32.3. The lowest BCUT2D eigenvalue weighted by molar-refractivity contribution is -0.134. The van der Waals surface area contributed by atoms with Gasteiger partial charge < -0.3 is 15.5 Å². The molecule has 3 aromatic heterocycles. The number of nitrogens with zero attached hydrogens (tertiary/aromatic N) is 6. The van der Waals surface area contributed by atoms with Gasteiger partial charge in [-0.15, -0.1) is 0 Å². The van der Waals surface area contributed by atoms with Gasteiger partial charge in [0.05, 0.1) is 30.2 Å². The van der Waals surface area contributed by atoms with E-state index in [4.69, 9.17) is 9.61 Å². The number of amides is 2. The minimum atomic E-state index is -2.75. The van der Waals surface area contributed by atoms with E-state index in [1.165, 1.54) is 0 Å². The number of alkyl halides is 4. The molecule has 3 saturated carbocycles. The smallest absolute Gasteiger partial charge is 0.278 e. The van der Waals surface area contributed by atoms with Crippen LogP contribution in [0, 0.1) is 17.8 Å². The van der Waals surface area contributed by atoms with Gasteiger partial charge in [-0.05, 0) is 65.4 Å². The maximum Gasteiger partial charge on any atom is 0.278 e. The van der Waals surface area contributed by atoms with E-state index in [9.17, 15) is 27.2 Å². The van der Waals surface area contributed by atoms with Crippen molar-refractivity contribution in [3.63, 3.8) is 0 Å². The Labute approximate surface area is 244 Å². The predicted molar refractivity (Wildman–Crippen MR) is 145 cm³/mol. The monoisotopic (exact) mass is 606 g/mol. The van der Waals surface area contributed by atoms with E-state index in [0.29, 0.717) is 11.3 Å². The highest BCUT2D eigenvalue weighted by Gasteiger charge is 2.46. The Bertz CT molecular complexity index is 1490. The minimum absolute atomic E-state index is 0.0334. The van der Waals surface area contributed by atoms with Gasteiger partial charge in [0.15, 0.2) is 5.65 Å². The predicted octanol–water partition coefficient (Wildman–Crippen LogP) is 4.48. The summed E-state index contributed by atoms with van der Waals surface area (Å²) < 4.78 is 60.8. The van der Waals surface area contributed by atoms with Crippen molar-refractivity contribution >= 4 is 23.3 Å². The van der Waals surface area contributed by atoms with E-state index < -0.39 is 23.8 Å². The molecule has 0 saturated heterocycles. The molecule has 0 aliphatic heterocycles. The third-order valence-corrected chi connectivity index (χ3v) is 8.73. The van der Waals surface area contributed by atoms with Crippen LogP contribution in [0.4, 0.5) is 23.4 Å². The largest absolute Gasteiger partial charge is 0.358 e. The van der Waals surface area contributed by atoms with Crippen LogP contribution in [0.3, 0.4) is 0 Å². The Morgan fingerprint density at radius 3 is 2.37 bits per heavy atom. The molecule has 232 valence electrons. The van der Waals surface area contributed by atoms with Crippen LogP contribution in [0.2, 0.25) is 0 Å². The second kappa shape index (κ2) is 11.1. The van der Waals surface area contributed by atoms with E-state index in [2.05, 4.69) is 26.0 Å². The van der Waals surface area contributed by atoms with Crippen molar-refractivity contribution in [2.24, 2.45) is 17.8 Å². The number of nitrogens with one attached hydrogen (secondary N) is 2. The van der Waals surface area contributed by atoms with Crippen LogP contribution < -0.4 is 15.5 Å². The summed E-state index contributed by atoms with van der Waals surface area (Å²) in [7, 11) is 3.37. The van der Waals surface area contributed by atoms with Gasteiger partial charge in [-0.1, -0.05) is 0 Å². The van der Waals surface area contributed by atoms with Crippen molar-refractivity contribution in [1.82, 2.24) is 35.5 Å². The first-order valence-corrected chi connectivity index (χ1v) is 14.6. The molecular formula is C28H34F4N8O3. The number of anilines is 1. The number of imidazole rings is 1. The number of halogens is 4. The molecule has 0 unspecified atom stereocenters. The molecule has 2 atom stereocenters. The molecule has 0 radical (unpaired) electrons. The van der Waals surface area contributed by atoms with Gasteiger partial charge in [0.1, 0.15) is 0 Å². The Kier molecular flexibility index (Phi) is 7.53. The highest BCUT2D eigenvalue weighted by molar-refractivity contribution is 5.96. The average molecular weight is 607 g/mol. The summed E-state index contributed by atoms with van der Waals surface area (Å²) in [6.07, 6.45) is 4.44. The van der Waals surface area contributed by atoms with Crippen LogP contribution in [0.1, 0.15) is 91.6 Å². The Morgan fingerprint density at radius 2 is 1.72 bits per heavy atom. The zero-order chi connectivity index (χ0) is 30.5. The number of rotatable bonds is 10. The zero-order valence-electron chi connectivity index (χ0n) is 23.9. The number of hydrogen-bond acceptors (Lipinski definition) is 8. The Morgan fingerprint density at radius 1 is 1.02 bits per heavy atom. The van der Waals surface area contributed by atoms with Crippen LogP contribution in [0.15, 0.2) is 23.1 Å². The zero-order valence-corrected chi connectivity index (χ0v) is 23.9. The van der Waals surface area contributed by atoms with Crippen LogP contribution in [0.5, 0.6) is 0 Å². The van der Waals surface area contributed by atoms with Gasteiger partial charge in [-0.2, -0.15) is 5.10 Å². The average Bonchev–Trinajstić information content (AvgIpc) is 3.47. The lowest BCUT2D eigenvalue weighted by atomic mass is 9.79. The first kappa shape index (κ1) is 29.3. The normalized spacial score (nSPS) is 21.6. The summed E-state index contributed by atoms with van der Waals surface area (Å²) in [5.74, 6) is -6.46. The van der Waals surface area contributed by atoms with Crippen LogP contribution in [-0.4, -0.2) is 62.7 Å². The van der Waals surface area contributed by atoms with Gasteiger partial charge >= 0.3 is 0 Å². The van der Waals surface area contributed by atoms with E-state index in [-0.39, 0.29) is 86.2 Å². The van der Waals surface area contributed by atoms with E-state index >= 15 is 0 Å². The molecule has 2 amide bonds. The summed E-state index contributed by atoms with van der Waals surface area (Å²) >= 11 is 0. The molecule has 15 heteroatoms. The first-order valence-electron chi connectivity index (χ1n) is 14.6. The lowest BCUT2D eigenvalue weighted by Crippen LogP contribution is -2.39. The van der Waals surface area contributed by atoms with Crippen molar-refractivity contribution in [3.8, 4) is 0 Å². The molecule has 6 rings (SSSR count). The Hall–Kier alpha value is -3.78. The van der Waals surface area contributed by atoms with Crippen molar-refractivity contribution < 1.29 is 31.8 Å².